The van der Waals surface area contributed by atoms with Crippen LogP contribution in [-0.4, -0.2) is 17.4 Å². The standard InChI is InChI=1S/C21H19FN2OS/c22-18-10-8-16(9-11-18)19-14-26-21(23-19)24(20(25)17-6-7-17)13-12-15-4-2-1-3-5-15/h1-5,8-11,14,17H,6-7,12-13H2. The van der Waals surface area contributed by atoms with Crippen molar-refractivity contribution in [3.8, 4) is 11.3 Å². The molecule has 0 unspecified atom stereocenters. The summed E-state index contributed by atoms with van der Waals surface area (Å²) in [6.45, 7) is 0.621. The molecule has 1 fully saturated rings. The summed E-state index contributed by atoms with van der Waals surface area (Å²) < 4.78 is 13.1. The van der Waals surface area contributed by atoms with Crippen molar-refractivity contribution in [3.63, 3.8) is 0 Å². The first-order valence-electron chi connectivity index (χ1n) is 8.77. The van der Waals surface area contributed by atoms with Crippen LogP contribution in [0.4, 0.5) is 9.52 Å². The lowest BCUT2D eigenvalue weighted by Crippen LogP contribution is -2.34. The van der Waals surface area contributed by atoms with E-state index in [1.54, 1.807) is 12.1 Å². The molecule has 3 nitrogen and oxygen atoms in total. The molecule has 1 aliphatic rings. The third-order valence-electron chi connectivity index (χ3n) is 4.52. The van der Waals surface area contributed by atoms with E-state index in [0.29, 0.717) is 6.54 Å². The second-order valence-electron chi connectivity index (χ2n) is 6.52. The van der Waals surface area contributed by atoms with Gasteiger partial charge in [0.05, 0.1) is 5.69 Å². The molecule has 1 amide bonds. The molecule has 1 saturated carbocycles. The molecule has 132 valence electrons. The summed E-state index contributed by atoms with van der Waals surface area (Å²) in [6, 6.07) is 16.4. The Balaban J connectivity index is 1.55. The fourth-order valence-corrected chi connectivity index (χ4v) is 3.74. The van der Waals surface area contributed by atoms with E-state index < -0.39 is 0 Å². The van der Waals surface area contributed by atoms with Gasteiger partial charge in [-0.25, -0.2) is 9.37 Å². The Morgan fingerprint density at radius 2 is 1.85 bits per heavy atom. The van der Waals surface area contributed by atoms with Gasteiger partial charge in [0, 0.05) is 23.4 Å². The maximum absolute atomic E-state index is 13.1. The Kier molecular flexibility index (Phi) is 4.80. The van der Waals surface area contributed by atoms with Crippen LogP contribution in [0, 0.1) is 11.7 Å². The van der Waals surface area contributed by atoms with Gasteiger partial charge in [0.2, 0.25) is 5.91 Å². The zero-order valence-electron chi connectivity index (χ0n) is 14.3. The third kappa shape index (κ3) is 3.83. The SMILES string of the molecule is O=C(C1CC1)N(CCc1ccccc1)c1nc(-c2ccc(F)cc2)cs1. The molecule has 1 aliphatic carbocycles. The first-order valence-corrected chi connectivity index (χ1v) is 9.65. The first kappa shape index (κ1) is 16.9. The highest BCUT2D eigenvalue weighted by molar-refractivity contribution is 7.14. The molecule has 2 aromatic carbocycles. The molecule has 26 heavy (non-hydrogen) atoms. The van der Waals surface area contributed by atoms with E-state index in [0.717, 1.165) is 35.7 Å². The predicted molar refractivity (Wildman–Crippen MR) is 103 cm³/mol. The summed E-state index contributed by atoms with van der Waals surface area (Å²) in [6.07, 6.45) is 2.73. The Hall–Kier alpha value is -2.53. The number of carbonyl (C=O) groups is 1. The number of hydrogen-bond acceptors (Lipinski definition) is 3. The zero-order valence-corrected chi connectivity index (χ0v) is 15.1. The number of amides is 1. The van der Waals surface area contributed by atoms with Gasteiger partial charge in [-0.3, -0.25) is 9.69 Å². The lowest BCUT2D eigenvalue weighted by Gasteiger charge is -2.20. The van der Waals surface area contributed by atoms with Gasteiger partial charge in [0.25, 0.3) is 0 Å². The maximum Gasteiger partial charge on any atom is 0.231 e. The number of hydrogen-bond donors (Lipinski definition) is 0. The van der Waals surface area contributed by atoms with E-state index in [9.17, 15) is 9.18 Å². The zero-order chi connectivity index (χ0) is 17.9. The molecule has 5 heteroatoms. The van der Waals surface area contributed by atoms with Crippen molar-refractivity contribution in [3.05, 3.63) is 71.4 Å². The van der Waals surface area contributed by atoms with Gasteiger partial charge >= 0.3 is 0 Å². The number of thiazole rings is 1. The van der Waals surface area contributed by atoms with E-state index in [-0.39, 0.29) is 17.6 Å². The molecule has 4 rings (SSSR count). The highest BCUT2D eigenvalue weighted by Crippen LogP contribution is 2.35. The van der Waals surface area contributed by atoms with Gasteiger partial charge in [0.1, 0.15) is 5.82 Å². The molecule has 0 spiro atoms. The van der Waals surface area contributed by atoms with Crippen LogP contribution < -0.4 is 4.90 Å². The molecule has 0 saturated heterocycles. The van der Waals surface area contributed by atoms with Gasteiger partial charge in [-0.2, -0.15) is 0 Å². The summed E-state index contributed by atoms with van der Waals surface area (Å²) in [7, 11) is 0. The number of aromatic nitrogens is 1. The average molecular weight is 366 g/mol. The van der Waals surface area contributed by atoms with Gasteiger partial charge in [-0.15, -0.1) is 11.3 Å². The minimum atomic E-state index is -0.266. The first-order chi connectivity index (χ1) is 12.7. The normalized spacial score (nSPS) is 13.6. The van der Waals surface area contributed by atoms with Crippen molar-refractivity contribution >= 4 is 22.4 Å². The lowest BCUT2D eigenvalue weighted by molar-refractivity contribution is -0.119. The number of carbonyl (C=O) groups excluding carboxylic acids is 1. The van der Waals surface area contributed by atoms with Crippen LogP contribution in [-0.2, 0) is 11.2 Å². The van der Waals surface area contributed by atoms with Crippen molar-refractivity contribution in [1.82, 2.24) is 4.98 Å². The number of benzene rings is 2. The lowest BCUT2D eigenvalue weighted by atomic mass is 10.1. The monoisotopic (exact) mass is 366 g/mol. The summed E-state index contributed by atoms with van der Waals surface area (Å²) in [5.74, 6) is 0.0440. The second kappa shape index (κ2) is 7.38. The largest absolute Gasteiger partial charge is 0.288 e. The van der Waals surface area contributed by atoms with E-state index in [1.807, 2.05) is 28.5 Å². The van der Waals surface area contributed by atoms with Crippen LogP contribution >= 0.6 is 11.3 Å². The van der Waals surface area contributed by atoms with Crippen molar-refractivity contribution in [2.45, 2.75) is 19.3 Å². The van der Waals surface area contributed by atoms with Crippen LogP contribution in [0.15, 0.2) is 60.0 Å². The van der Waals surface area contributed by atoms with Crippen LogP contribution in [0.5, 0.6) is 0 Å². The van der Waals surface area contributed by atoms with Crippen LogP contribution in [0.3, 0.4) is 0 Å². The van der Waals surface area contributed by atoms with Crippen molar-refractivity contribution < 1.29 is 9.18 Å². The van der Waals surface area contributed by atoms with Crippen LogP contribution in [0.2, 0.25) is 0 Å². The molecule has 0 radical (unpaired) electrons. The fourth-order valence-electron chi connectivity index (χ4n) is 2.88. The molecular formula is C21H19FN2OS. The Bertz CT molecular complexity index is 888. The summed E-state index contributed by atoms with van der Waals surface area (Å²) in [5.41, 5.74) is 2.84. The van der Waals surface area contributed by atoms with Crippen LogP contribution in [0.25, 0.3) is 11.3 Å². The van der Waals surface area contributed by atoms with E-state index in [1.165, 1.54) is 29.0 Å². The van der Waals surface area contributed by atoms with Gasteiger partial charge in [0.15, 0.2) is 5.13 Å². The van der Waals surface area contributed by atoms with Gasteiger partial charge in [-0.05, 0) is 49.1 Å². The Morgan fingerprint density at radius 1 is 1.12 bits per heavy atom. The second-order valence-corrected chi connectivity index (χ2v) is 7.36. The number of rotatable bonds is 6. The molecule has 3 aromatic rings. The van der Waals surface area contributed by atoms with Gasteiger partial charge < -0.3 is 0 Å². The highest BCUT2D eigenvalue weighted by atomic mass is 32.1. The highest BCUT2D eigenvalue weighted by Gasteiger charge is 2.35. The summed E-state index contributed by atoms with van der Waals surface area (Å²) in [5, 5.41) is 2.65. The predicted octanol–water partition coefficient (Wildman–Crippen LogP) is 4.93. The van der Waals surface area contributed by atoms with E-state index in [2.05, 4.69) is 17.1 Å². The molecular weight excluding hydrogens is 347 g/mol. The molecule has 0 aliphatic heterocycles. The molecule has 0 bridgehead atoms. The summed E-state index contributed by atoms with van der Waals surface area (Å²) >= 11 is 1.47. The summed E-state index contributed by atoms with van der Waals surface area (Å²) in [4.78, 5) is 19.2. The number of nitrogens with zero attached hydrogens (tertiary/aromatic N) is 2. The van der Waals surface area contributed by atoms with Crippen molar-refractivity contribution in [1.29, 1.82) is 0 Å². The Labute approximate surface area is 156 Å². The average Bonchev–Trinajstić information content (AvgIpc) is 3.41. The Morgan fingerprint density at radius 3 is 2.54 bits per heavy atom. The van der Waals surface area contributed by atoms with Gasteiger partial charge in [-0.1, -0.05) is 30.3 Å². The third-order valence-corrected chi connectivity index (χ3v) is 5.39. The number of halogens is 1. The van der Waals surface area contributed by atoms with Crippen LogP contribution in [0.1, 0.15) is 18.4 Å². The number of anilines is 1. The molecule has 0 atom stereocenters. The van der Waals surface area contributed by atoms with E-state index >= 15 is 0 Å². The minimum absolute atomic E-state index is 0.143. The quantitative estimate of drug-likeness (QED) is 0.619. The molecule has 1 heterocycles. The van der Waals surface area contributed by atoms with Crippen molar-refractivity contribution in [2.24, 2.45) is 5.92 Å². The molecule has 0 N–H and O–H groups in total. The smallest absolute Gasteiger partial charge is 0.231 e. The molecule has 1 aromatic heterocycles. The fraction of sp³-hybridized carbons (Fsp3) is 0.238. The van der Waals surface area contributed by atoms with E-state index in [4.69, 9.17) is 0 Å². The van der Waals surface area contributed by atoms with Crippen molar-refractivity contribution in [2.75, 3.05) is 11.4 Å². The maximum atomic E-state index is 13.1. The topological polar surface area (TPSA) is 33.2 Å². The minimum Gasteiger partial charge on any atom is -0.288 e.